The molecule has 42 heavy (non-hydrogen) atoms. The second kappa shape index (κ2) is 10.8. The molecule has 214 valence electrons. The normalized spacial score (nSPS) is 15.5. The zero-order valence-electron chi connectivity index (χ0n) is 22.0. The predicted octanol–water partition coefficient (Wildman–Crippen LogP) is 4.86. The number of hydrogen-bond acceptors (Lipinski definition) is 4. The summed E-state index contributed by atoms with van der Waals surface area (Å²) in [5, 5.41) is 2.32. The Kier molecular flexibility index (Phi) is 7.01. The molecule has 2 bridgehead atoms. The van der Waals surface area contributed by atoms with Crippen molar-refractivity contribution in [3.63, 3.8) is 0 Å². The zero-order chi connectivity index (χ0) is 29.5. The summed E-state index contributed by atoms with van der Waals surface area (Å²) in [6.07, 6.45) is 1.63. The summed E-state index contributed by atoms with van der Waals surface area (Å²) < 4.78 is 63.3. The molecule has 0 spiro atoms. The van der Waals surface area contributed by atoms with Gasteiger partial charge in [0.1, 0.15) is 35.4 Å². The third-order valence-corrected chi connectivity index (χ3v) is 7.52. The van der Waals surface area contributed by atoms with Crippen LogP contribution in [0.1, 0.15) is 55.6 Å². The molecule has 7 nitrogen and oxygen atoms in total. The van der Waals surface area contributed by atoms with Crippen molar-refractivity contribution in [2.75, 3.05) is 6.54 Å². The molecule has 3 heterocycles. The Balaban J connectivity index is 1.46. The molecule has 2 amide bonds. The van der Waals surface area contributed by atoms with Crippen LogP contribution >= 0.6 is 0 Å². The summed E-state index contributed by atoms with van der Waals surface area (Å²) in [6.45, 7) is -0.319. The summed E-state index contributed by atoms with van der Waals surface area (Å²) in [6, 6.07) is 13.6. The molecule has 0 unspecified atom stereocenters. The van der Waals surface area contributed by atoms with E-state index in [4.69, 9.17) is 4.74 Å². The molecule has 11 heteroatoms. The molecule has 1 N–H and O–H groups in total. The number of nitrogens with one attached hydrogen (secondary N) is 1. The molecular formula is C31H23F4N3O4. The van der Waals surface area contributed by atoms with Gasteiger partial charge in [-0.3, -0.25) is 14.4 Å². The molecule has 3 aromatic carbocycles. The van der Waals surface area contributed by atoms with Crippen LogP contribution in [0.15, 0.2) is 71.7 Å². The van der Waals surface area contributed by atoms with Crippen LogP contribution in [0.4, 0.5) is 17.6 Å². The Bertz CT molecular complexity index is 1770. The van der Waals surface area contributed by atoms with Gasteiger partial charge in [0, 0.05) is 43.5 Å². The van der Waals surface area contributed by atoms with Gasteiger partial charge in [0.25, 0.3) is 11.8 Å². The van der Waals surface area contributed by atoms with Gasteiger partial charge >= 0.3 is 0 Å². The maximum Gasteiger partial charge on any atom is 0.274 e. The largest absolute Gasteiger partial charge is 0.483 e. The van der Waals surface area contributed by atoms with Crippen molar-refractivity contribution >= 4 is 11.8 Å². The van der Waals surface area contributed by atoms with Crippen molar-refractivity contribution in [2.45, 2.75) is 32.2 Å². The molecule has 0 aliphatic carbocycles. The van der Waals surface area contributed by atoms with E-state index in [-0.39, 0.29) is 24.6 Å². The summed E-state index contributed by atoms with van der Waals surface area (Å²) in [4.78, 5) is 42.4. The first kappa shape index (κ1) is 27.3. The lowest BCUT2D eigenvalue weighted by molar-refractivity contribution is 0.0739. The molecule has 0 saturated heterocycles. The Morgan fingerprint density at radius 3 is 2.43 bits per heavy atom. The first-order valence-corrected chi connectivity index (χ1v) is 13.2. The van der Waals surface area contributed by atoms with Crippen LogP contribution in [0.25, 0.3) is 0 Å². The van der Waals surface area contributed by atoms with Crippen molar-refractivity contribution < 1.29 is 31.9 Å². The van der Waals surface area contributed by atoms with E-state index in [9.17, 15) is 31.9 Å². The van der Waals surface area contributed by atoms with E-state index in [1.54, 1.807) is 36.4 Å². The quantitative estimate of drug-likeness (QED) is 0.332. The molecule has 2 aliphatic rings. The number of amides is 2. The Morgan fingerprint density at radius 2 is 1.69 bits per heavy atom. The van der Waals surface area contributed by atoms with E-state index in [0.29, 0.717) is 41.8 Å². The molecule has 0 fully saturated rings. The average Bonchev–Trinajstić information content (AvgIpc) is 3.22. The zero-order valence-corrected chi connectivity index (χ0v) is 22.0. The van der Waals surface area contributed by atoms with Gasteiger partial charge in [-0.25, -0.2) is 17.6 Å². The number of rotatable bonds is 6. The van der Waals surface area contributed by atoms with E-state index < -0.39 is 64.2 Å². The lowest BCUT2D eigenvalue weighted by atomic mass is 9.97. The summed E-state index contributed by atoms with van der Waals surface area (Å²) in [5.74, 6) is -5.82. The number of pyridine rings is 1. The number of halogens is 4. The first-order chi connectivity index (χ1) is 20.2. The molecule has 6 rings (SSSR count). The van der Waals surface area contributed by atoms with Gasteiger partial charge in [0.05, 0.1) is 6.04 Å². The molecule has 0 saturated carbocycles. The number of fused-ring (bicyclic) bond motifs is 7. The van der Waals surface area contributed by atoms with Gasteiger partial charge in [-0.1, -0.05) is 36.4 Å². The van der Waals surface area contributed by atoms with Gasteiger partial charge in [0.15, 0.2) is 11.4 Å². The van der Waals surface area contributed by atoms with Crippen LogP contribution in [-0.4, -0.2) is 27.8 Å². The fourth-order valence-corrected chi connectivity index (χ4v) is 5.46. The number of aromatic nitrogens is 1. The Labute approximate surface area is 237 Å². The van der Waals surface area contributed by atoms with Crippen molar-refractivity contribution in [2.24, 2.45) is 0 Å². The predicted molar refractivity (Wildman–Crippen MR) is 143 cm³/mol. The van der Waals surface area contributed by atoms with Gasteiger partial charge < -0.3 is 19.5 Å². The average molecular weight is 578 g/mol. The minimum atomic E-state index is -1.20. The number of carbonyl (C=O) groups is 2. The second-order valence-corrected chi connectivity index (χ2v) is 10.1. The van der Waals surface area contributed by atoms with Crippen LogP contribution in [0, 0.1) is 23.3 Å². The Morgan fingerprint density at radius 1 is 0.952 bits per heavy atom. The topological polar surface area (TPSA) is 80.6 Å². The minimum Gasteiger partial charge on any atom is -0.483 e. The first-order valence-electron chi connectivity index (χ1n) is 13.2. The highest BCUT2D eigenvalue weighted by Crippen LogP contribution is 2.37. The van der Waals surface area contributed by atoms with Crippen LogP contribution in [0.3, 0.4) is 0 Å². The smallest absolute Gasteiger partial charge is 0.274 e. The monoisotopic (exact) mass is 577 g/mol. The second-order valence-electron chi connectivity index (χ2n) is 10.1. The van der Waals surface area contributed by atoms with Crippen LogP contribution in [0.2, 0.25) is 0 Å². The summed E-state index contributed by atoms with van der Waals surface area (Å²) in [5.41, 5.74) is 0.0519. The molecule has 4 aromatic rings. The SMILES string of the molecule is O=C(NCc1c(F)cc(F)cc1F)c1cn2c(c(OCc3ccccc3)c1=O)C(=O)N1CC[C@H]2c2ccc(F)cc2C1. The van der Waals surface area contributed by atoms with Crippen LogP contribution < -0.4 is 15.5 Å². The van der Waals surface area contributed by atoms with Crippen molar-refractivity contribution in [3.05, 3.63) is 134 Å². The number of nitrogens with zero attached hydrogens (tertiary/aromatic N) is 2. The van der Waals surface area contributed by atoms with Gasteiger partial charge in [-0.05, 0) is 35.2 Å². The fourth-order valence-electron chi connectivity index (χ4n) is 5.46. The van der Waals surface area contributed by atoms with Gasteiger partial charge in [-0.15, -0.1) is 0 Å². The highest BCUT2D eigenvalue weighted by Gasteiger charge is 2.38. The summed E-state index contributed by atoms with van der Waals surface area (Å²) in [7, 11) is 0. The van der Waals surface area contributed by atoms with Crippen molar-refractivity contribution in [3.8, 4) is 5.75 Å². The van der Waals surface area contributed by atoms with Crippen LogP contribution in [-0.2, 0) is 19.7 Å². The van der Waals surface area contributed by atoms with Crippen molar-refractivity contribution in [1.82, 2.24) is 14.8 Å². The molecule has 1 aromatic heterocycles. The third-order valence-electron chi connectivity index (χ3n) is 7.52. The maximum atomic E-state index is 14.2. The molecule has 2 aliphatic heterocycles. The minimum absolute atomic E-state index is 0.0550. The lowest BCUT2D eigenvalue weighted by Crippen LogP contribution is -2.36. The lowest BCUT2D eigenvalue weighted by Gasteiger charge is -2.28. The highest BCUT2D eigenvalue weighted by atomic mass is 19.1. The number of hydrogen-bond donors (Lipinski definition) is 1. The van der Waals surface area contributed by atoms with E-state index in [2.05, 4.69) is 5.32 Å². The van der Waals surface area contributed by atoms with E-state index in [1.807, 2.05) is 0 Å². The fraction of sp³-hybridized carbons (Fsp3) is 0.194. The molecule has 0 radical (unpaired) electrons. The van der Waals surface area contributed by atoms with E-state index in [0.717, 1.165) is 0 Å². The third kappa shape index (κ3) is 4.91. The standard InChI is InChI=1S/C31H23F4N3O4/c32-19-6-7-21-18(10-19)14-37-9-8-26(21)38-15-23(30(40)36-13-22-24(34)11-20(33)12-25(22)35)28(39)29(27(38)31(37)41)42-16-17-4-2-1-3-5-17/h1-7,10-12,15,26H,8-9,13-14,16H2,(H,36,40)/t26-/m0/s1. The molecular weight excluding hydrogens is 554 g/mol. The van der Waals surface area contributed by atoms with Crippen LogP contribution in [0.5, 0.6) is 5.75 Å². The molecule has 1 atom stereocenters. The maximum absolute atomic E-state index is 14.2. The van der Waals surface area contributed by atoms with E-state index >= 15 is 0 Å². The number of ether oxygens (including phenoxy) is 1. The van der Waals surface area contributed by atoms with Gasteiger partial charge in [-0.2, -0.15) is 0 Å². The van der Waals surface area contributed by atoms with Crippen molar-refractivity contribution in [1.29, 1.82) is 0 Å². The highest BCUT2D eigenvalue weighted by molar-refractivity contribution is 5.99. The van der Waals surface area contributed by atoms with Gasteiger partial charge in [0.2, 0.25) is 5.43 Å². The van der Waals surface area contributed by atoms with E-state index in [1.165, 1.54) is 27.8 Å². The Hall–Kier alpha value is -4.93. The summed E-state index contributed by atoms with van der Waals surface area (Å²) >= 11 is 0. The number of benzene rings is 3. The number of carbonyl (C=O) groups excluding carboxylic acids is 2.